The molecule has 1 aromatic rings. The Hall–Kier alpha value is -1.06. The van der Waals surface area contributed by atoms with Gasteiger partial charge in [-0.05, 0) is 62.3 Å². The number of carbonyl (C=O) groups excluding carboxylic acids is 1. The lowest BCUT2D eigenvalue weighted by Gasteiger charge is -2.24. The van der Waals surface area contributed by atoms with Crippen LogP contribution in [0.2, 0.25) is 0 Å². The number of aryl methyl sites for hydroxylation is 2. The van der Waals surface area contributed by atoms with E-state index in [4.69, 9.17) is 0 Å². The van der Waals surface area contributed by atoms with Gasteiger partial charge in [-0.3, -0.25) is 4.79 Å². The van der Waals surface area contributed by atoms with Crippen molar-refractivity contribution >= 4 is 24.0 Å². The van der Waals surface area contributed by atoms with E-state index < -0.39 is 0 Å². The number of fused-ring (bicyclic) bond motifs is 1. The molecule has 3 unspecified atom stereocenters. The zero-order valence-corrected chi connectivity index (χ0v) is 13.6. The molecule has 2 aliphatic rings. The maximum absolute atomic E-state index is 12.4. The fourth-order valence-electron chi connectivity index (χ4n) is 3.80. The molecule has 1 aliphatic carbocycles. The van der Waals surface area contributed by atoms with Crippen LogP contribution in [0.3, 0.4) is 0 Å². The average molecular weight is 309 g/mol. The summed E-state index contributed by atoms with van der Waals surface area (Å²) in [4.78, 5) is 12.4. The Labute approximate surface area is 133 Å². The lowest BCUT2D eigenvalue weighted by Crippen LogP contribution is -2.39. The molecule has 2 N–H and O–H groups in total. The van der Waals surface area contributed by atoms with Crippen LogP contribution in [0.5, 0.6) is 0 Å². The largest absolute Gasteiger partial charge is 0.325 e. The van der Waals surface area contributed by atoms with Crippen LogP contribution in [0.15, 0.2) is 18.2 Å². The van der Waals surface area contributed by atoms with Crippen LogP contribution in [0.25, 0.3) is 0 Å². The molecule has 0 spiro atoms. The SMILES string of the molecule is Cc1cc(C)cc(NC(=O)C2CC3CCCCC3N2)c1.Cl. The number of halogens is 1. The van der Waals surface area contributed by atoms with Crippen molar-refractivity contribution in [3.63, 3.8) is 0 Å². The number of anilines is 1. The third-order valence-electron chi connectivity index (χ3n) is 4.67. The van der Waals surface area contributed by atoms with Gasteiger partial charge in [0, 0.05) is 11.7 Å². The van der Waals surface area contributed by atoms with Gasteiger partial charge in [0.15, 0.2) is 0 Å². The van der Waals surface area contributed by atoms with Crippen molar-refractivity contribution in [1.82, 2.24) is 5.32 Å². The predicted molar refractivity (Wildman–Crippen MR) is 89.1 cm³/mol. The van der Waals surface area contributed by atoms with E-state index >= 15 is 0 Å². The second kappa shape index (κ2) is 6.80. The molecule has 1 heterocycles. The van der Waals surface area contributed by atoms with Gasteiger partial charge >= 0.3 is 0 Å². The van der Waals surface area contributed by atoms with Gasteiger partial charge in [-0.1, -0.05) is 18.9 Å². The Bertz CT molecular complexity index is 483. The molecule has 0 aromatic heterocycles. The number of amides is 1. The number of hydrogen-bond donors (Lipinski definition) is 2. The molecular formula is C17H25ClN2O. The molecule has 1 saturated carbocycles. The molecule has 3 rings (SSSR count). The van der Waals surface area contributed by atoms with Crippen molar-refractivity contribution in [3.05, 3.63) is 29.3 Å². The number of carbonyl (C=O) groups is 1. The highest BCUT2D eigenvalue weighted by atomic mass is 35.5. The first-order valence-electron chi connectivity index (χ1n) is 7.77. The molecule has 0 bridgehead atoms. The third-order valence-corrected chi connectivity index (χ3v) is 4.67. The smallest absolute Gasteiger partial charge is 0.241 e. The van der Waals surface area contributed by atoms with Gasteiger partial charge in [0.1, 0.15) is 0 Å². The summed E-state index contributed by atoms with van der Waals surface area (Å²) in [5.74, 6) is 0.836. The summed E-state index contributed by atoms with van der Waals surface area (Å²) in [6.07, 6.45) is 6.15. The fourth-order valence-corrected chi connectivity index (χ4v) is 3.80. The normalized spacial score (nSPS) is 27.6. The molecule has 1 aliphatic heterocycles. The van der Waals surface area contributed by atoms with Gasteiger partial charge < -0.3 is 10.6 Å². The van der Waals surface area contributed by atoms with Crippen molar-refractivity contribution in [1.29, 1.82) is 0 Å². The number of benzene rings is 1. The third kappa shape index (κ3) is 3.78. The summed E-state index contributed by atoms with van der Waals surface area (Å²) in [5, 5.41) is 6.60. The van der Waals surface area contributed by atoms with Crippen LogP contribution < -0.4 is 10.6 Å². The predicted octanol–water partition coefficient (Wildman–Crippen LogP) is 3.58. The van der Waals surface area contributed by atoms with E-state index in [2.05, 4.69) is 30.5 Å². The maximum Gasteiger partial charge on any atom is 0.241 e. The first-order chi connectivity index (χ1) is 9.61. The van der Waals surface area contributed by atoms with Gasteiger partial charge in [0.2, 0.25) is 5.91 Å². The van der Waals surface area contributed by atoms with Crippen LogP contribution in [-0.4, -0.2) is 18.0 Å². The number of nitrogens with one attached hydrogen (secondary N) is 2. The van der Waals surface area contributed by atoms with Gasteiger partial charge in [-0.25, -0.2) is 0 Å². The molecule has 0 radical (unpaired) electrons. The fraction of sp³-hybridized carbons (Fsp3) is 0.588. The van der Waals surface area contributed by atoms with Crippen molar-refractivity contribution in [2.75, 3.05) is 5.32 Å². The quantitative estimate of drug-likeness (QED) is 0.876. The van der Waals surface area contributed by atoms with Crippen LogP contribution >= 0.6 is 12.4 Å². The van der Waals surface area contributed by atoms with E-state index in [1.807, 2.05) is 12.1 Å². The van der Waals surface area contributed by atoms with Crippen LogP contribution in [0, 0.1) is 19.8 Å². The first-order valence-corrected chi connectivity index (χ1v) is 7.77. The van der Waals surface area contributed by atoms with Gasteiger partial charge in [-0.2, -0.15) is 0 Å². The highest BCUT2D eigenvalue weighted by molar-refractivity contribution is 5.95. The summed E-state index contributed by atoms with van der Waals surface area (Å²) < 4.78 is 0. The van der Waals surface area contributed by atoms with E-state index in [0.29, 0.717) is 12.0 Å². The lowest BCUT2D eigenvalue weighted by molar-refractivity contribution is -0.117. The average Bonchev–Trinajstić information content (AvgIpc) is 2.81. The van der Waals surface area contributed by atoms with E-state index in [1.54, 1.807) is 0 Å². The van der Waals surface area contributed by atoms with Gasteiger partial charge in [-0.15, -0.1) is 12.4 Å². The zero-order valence-electron chi connectivity index (χ0n) is 12.8. The molecule has 1 amide bonds. The Balaban J connectivity index is 0.00000161. The van der Waals surface area contributed by atoms with Gasteiger partial charge in [0.05, 0.1) is 6.04 Å². The molecular weight excluding hydrogens is 284 g/mol. The monoisotopic (exact) mass is 308 g/mol. The van der Waals surface area contributed by atoms with E-state index in [9.17, 15) is 4.79 Å². The Morgan fingerprint density at radius 1 is 1.14 bits per heavy atom. The van der Waals surface area contributed by atoms with E-state index in [0.717, 1.165) is 12.1 Å². The molecule has 1 aromatic carbocycles. The minimum absolute atomic E-state index is 0. The molecule has 116 valence electrons. The molecule has 2 fully saturated rings. The standard InChI is InChI=1S/C17H24N2O.ClH/c1-11-7-12(2)9-14(8-11)18-17(20)16-10-13-5-3-4-6-15(13)19-16;/h7-9,13,15-16,19H,3-6,10H2,1-2H3,(H,18,20);1H. The second-order valence-corrected chi connectivity index (χ2v) is 6.47. The minimum Gasteiger partial charge on any atom is -0.325 e. The Morgan fingerprint density at radius 3 is 2.48 bits per heavy atom. The van der Waals surface area contributed by atoms with Crippen LogP contribution in [0.1, 0.15) is 43.2 Å². The molecule has 3 nitrogen and oxygen atoms in total. The summed E-state index contributed by atoms with van der Waals surface area (Å²) in [6, 6.07) is 6.75. The van der Waals surface area contributed by atoms with E-state index in [1.165, 1.54) is 36.8 Å². The topological polar surface area (TPSA) is 41.1 Å². The van der Waals surface area contributed by atoms with Crippen molar-refractivity contribution < 1.29 is 4.79 Å². The first kappa shape index (κ1) is 16.3. The Morgan fingerprint density at radius 2 is 1.81 bits per heavy atom. The summed E-state index contributed by atoms with van der Waals surface area (Å²) in [7, 11) is 0. The molecule has 4 heteroatoms. The number of hydrogen-bond acceptors (Lipinski definition) is 2. The maximum atomic E-state index is 12.4. The summed E-state index contributed by atoms with van der Waals surface area (Å²) in [6.45, 7) is 4.12. The molecule has 3 atom stereocenters. The Kier molecular flexibility index (Phi) is 5.28. The lowest BCUT2D eigenvalue weighted by atomic mass is 9.85. The second-order valence-electron chi connectivity index (χ2n) is 6.47. The highest BCUT2D eigenvalue weighted by Crippen LogP contribution is 2.33. The van der Waals surface area contributed by atoms with Crippen molar-refractivity contribution in [2.24, 2.45) is 5.92 Å². The van der Waals surface area contributed by atoms with Crippen LogP contribution in [0.4, 0.5) is 5.69 Å². The summed E-state index contributed by atoms with van der Waals surface area (Å²) >= 11 is 0. The summed E-state index contributed by atoms with van der Waals surface area (Å²) in [5.41, 5.74) is 3.30. The highest BCUT2D eigenvalue weighted by Gasteiger charge is 2.38. The van der Waals surface area contributed by atoms with E-state index in [-0.39, 0.29) is 24.4 Å². The molecule has 1 saturated heterocycles. The minimum atomic E-state index is -0.0103. The zero-order chi connectivity index (χ0) is 14.1. The van der Waals surface area contributed by atoms with Crippen molar-refractivity contribution in [2.45, 2.75) is 58.0 Å². The van der Waals surface area contributed by atoms with Gasteiger partial charge in [0.25, 0.3) is 0 Å². The number of rotatable bonds is 2. The van der Waals surface area contributed by atoms with Crippen molar-refractivity contribution in [3.8, 4) is 0 Å². The van der Waals surface area contributed by atoms with Crippen LogP contribution in [-0.2, 0) is 4.79 Å². The molecule has 21 heavy (non-hydrogen) atoms.